The third-order valence-electron chi connectivity index (χ3n) is 2.82. The first kappa shape index (κ1) is 14.9. The van der Waals surface area contributed by atoms with E-state index in [4.69, 9.17) is 16.2 Å². The van der Waals surface area contributed by atoms with Gasteiger partial charge in [-0.2, -0.15) is 0 Å². The molecular formula is C15H20N4O2. The summed E-state index contributed by atoms with van der Waals surface area (Å²) in [4.78, 5) is 19.5. The van der Waals surface area contributed by atoms with Gasteiger partial charge in [0.2, 0.25) is 0 Å². The number of benzene rings is 1. The van der Waals surface area contributed by atoms with Crippen LogP contribution in [0.3, 0.4) is 0 Å². The van der Waals surface area contributed by atoms with Crippen molar-refractivity contribution in [2.45, 2.75) is 32.4 Å². The predicted octanol–water partition coefficient (Wildman–Crippen LogP) is 1.82. The number of fused-ring (bicyclic) bond motifs is 1. The van der Waals surface area contributed by atoms with Gasteiger partial charge in [-0.3, -0.25) is 0 Å². The fourth-order valence-corrected chi connectivity index (χ4v) is 2.08. The Morgan fingerprint density at radius 1 is 1.29 bits per heavy atom. The number of hydrogen-bond donors (Lipinski definition) is 3. The van der Waals surface area contributed by atoms with E-state index in [-0.39, 0.29) is 5.96 Å². The number of aromatic nitrogens is 1. The van der Waals surface area contributed by atoms with Gasteiger partial charge in [-0.05, 0) is 26.8 Å². The number of esters is 1. The van der Waals surface area contributed by atoms with E-state index in [1.165, 1.54) is 0 Å². The van der Waals surface area contributed by atoms with Crippen LogP contribution in [0.2, 0.25) is 0 Å². The first-order valence-electron chi connectivity index (χ1n) is 6.65. The lowest BCUT2D eigenvalue weighted by atomic mass is 10.1. The van der Waals surface area contributed by atoms with Gasteiger partial charge in [-0.25, -0.2) is 9.79 Å². The molecule has 2 aromatic rings. The fraction of sp³-hybridized carbons (Fsp3) is 0.333. The van der Waals surface area contributed by atoms with Crippen LogP contribution in [0.15, 0.2) is 35.5 Å². The summed E-state index contributed by atoms with van der Waals surface area (Å²) in [6.07, 6.45) is 1.73. The third kappa shape index (κ3) is 3.53. The van der Waals surface area contributed by atoms with Gasteiger partial charge in [-0.15, -0.1) is 0 Å². The minimum absolute atomic E-state index is 0.156. The summed E-state index contributed by atoms with van der Waals surface area (Å²) in [7, 11) is 0. The highest BCUT2D eigenvalue weighted by Gasteiger charge is 2.28. The summed E-state index contributed by atoms with van der Waals surface area (Å²) in [5.74, 6) is -0.642. The van der Waals surface area contributed by atoms with Gasteiger partial charge in [0.05, 0.1) is 0 Å². The quantitative estimate of drug-likeness (QED) is 0.455. The zero-order valence-electron chi connectivity index (χ0n) is 12.4. The molecule has 0 radical (unpaired) electrons. The number of nitrogens with zero attached hydrogens (tertiary/aromatic N) is 1. The van der Waals surface area contributed by atoms with Crippen molar-refractivity contribution in [2.24, 2.45) is 16.5 Å². The summed E-state index contributed by atoms with van der Waals surface area (Å²) in [6.45, 7) is 5.39. The van der Waals surface area contributed by atoms with Crippen LogP contribution in [0.4, 0.5) is 0 Å². The second-order valence-corrected chi connectivity index (χ2v) is 5.78. The number of carbonyl (C=O) groups is 1. The molecular weight excluding hydrogens is 268 g/mol. The van der Waals surface area contributed by atoms with E-state index in [9.17, 15) is 4.79 Å². The Morgan fingerprint density at radius 2 is 1.95 bits per heavy atom. The van der Waals surface area contributed by atoms with E-state index in [0.29, 0.717) is 5.56 Å². The summed E-state index contributed by atoms with van der Waals surface area (Å²) in [5, 5.41) is 0.887. The van der Waals surface area contributed by atoms with E-state index in [0.717, 1.165) is 10.9 Å². The number of aromatic amines is 1. The maximum atomic E-state index is 12.4. The number of ether oxygens (including phenoxy) is 1. The van der Waals surface area contributed by atoms with Gasteiger partial charge in [0.1, 0.15) is 5.60 Å². The van der Waals surface area contributed by atoms with Gasteiger partial charge >= 0.3 is 5.97 Å². The molecule has 0 aliphatic heterocycles. The standard InChI is InChI=1S/C15H20N4O2/c1-15(2,3)21-13(20)12(19-14(16)17)10-8-18-11-7-5-4-6-9(10)11/h4-8,12,18H,1-3H3,(H4,16,17,19). The SMILES string of the molecule is CC(C)(C)OC(=O)C(N=C(N)N)c1c[nH]c2ccccc12. The van der Waals surface area contributed by atoms with Crippen LogP contribution < -0.4 is 11.5 Å². The largest absolute Gasteiger partial charge is 0.458 e. The molecule has 0 saturated carbocycles. The van der Waals surface area contributed by atoms with Crippen molar-refractivity contribution in [1.82, 2.24) is 4.98 Å². The molecule has 0 fully saturated rings. The first-order chi connectivity index (χ1) is 9.78. The lowest BCUT2D eigenvalue weighted by Crippen LogP contribution is -2.30. The number of hydrogen-bond acceptors (Lipinski definition) is 3. The Balaban J connectivity index is 2.46. The highest BCUT2D eigenvalue weighted by Crippen LogP contribution is 2.28. The molecule has 0 aliphatic carbocycles. The lowest BCUT2D eigenvalue weighted by molar-refractivity contribution is -0.156. The minimum Gasteiger partial charge on any atom is -0.458 e. The molecule has 1 aromatic heterocycles. The van der Waals surface area contributed by atoms with Crippen LogP contribution in [-0.4, -0.2) is 22.5 Å². The van der Waals surface area contributed by atoms with Crippen LogP contribution in [0.1, 0.15) is 32.4 Å². The fourth-order valence-electron chi connectivity index (χ4n) is 2.08. The maximum absolute atomic E-state index is 12.4. The van der Waals surface area contributed by atoms with Crippen LogP contribution in [0.25, 0.3) is 10.9 Å². The van der Waals surface area contributed by atoms with E-state index in [1.807, 2.05) is 24.3 Å². The molecule has 1 atom stereocenters. The minimum atomic E-state index is -0.884. The van der Waals surface area contributed by atoms with E-state index in [2.05, 4.69) is 9.98 Å². The number of guanidine groups is 1. The summed E-state index contributed by atoms with van der Waals surface area (Å²) in [6, 6.07) is 6.74. The van der Waals surface area contributed by atoms with Crippen molar-refractivity contribution in [1.29, 1.82) is 0 Å². The molecule has 1 heterocycles. The van der Waals surface area contributed by atoms with E-state index >= 15 is 0 Å². The van der Waals surface area contributed by atoms with Crippen molar-refractivity contribution in [2.75, 3.05) is 0 Å². The van der Waals surface area contributed by atoms with Gasteiger partial charge in [0.25, 0.3) is 0 Å². The summed E-state index contributed by atoms with van der Waals surface area (Å²) >= 11 is 0. The molecule has 0 spiro atoms. The van der Waals surface area contributed by atoms with Crippen LogP contribution in [0, 0.1) is 0 Å². The number of aliphatic imine (C=N–C) groups is 1. The molecule has 6 heteroatoms. The average molecular weight is 288 g/mol. The number of H-pyrrole nitrogens is 1. The number of carbonyl (C=O) groups excluding carboxylic acids is 1. The average Bonchev–Trinajstić information content (AvgIpc) is 2.77. The Labute approximate surface area is 123 Å². The topological polar surface area (TPSA) is 106 Å². The van der Waals surface area contributed by atoms with Gasteiger partial charge in [-0.1, -0.05) is 18.2 Å². The molecule has 1 unspecified atom stereocenters. The third-order valence-corrected chi connectivity index (χ3v) is 2.82. The second-order valence-electron chi connectivity index (χ2n) is 5.78. The Morgan fingerprint density at radius 3 is 2.57 bits per heavy atom. The Kier molecular flexibility index (Phi) is 3.88. The molecule has 6 nitrogen and oxygen atoms in total. The van der Waals surface area contributed by atoms with Gasteiger partial charge in [0.15, 0.2) is 12.0 Å². The molecule has 0 aliphatic rings. The van der Waals surface area contributed by atoms with Crippen LogP contribution in [-0.2, 0) is 9.53 Å². The molecule has 2 rings (SSSR count). The van der Waals surface area contributed by atoms with Crippen LogP contribution >= 0.6 is 0 Å². The van der Waals surface area contributed by atoms with Crippen molar-refractivity contribution in [3.63, 3.8) is 0 Å². The highest BCUT2D eigenvalue weighted by atomic mass is 16.6. The lowest BCUT2D eigenvalue weighted by Gasteiger charge is -2.22. The monoisotopic (exact) mass is 288 g/mol. The van der Waals surface area contributed by atoms with Gasteiger partial charge < -0.3 is 21.2 Å². The van der Waals surface area contributed by atoms with Gasteiger partial charge in [0, 0.05) is 22.7 Å². The zero-order valence-corrected chi connectivity index (χ0v) is 12.4. The molecule has 0 amide bonds. The molecule has 5 N–H and O–H groups in total. The second kappa shape index (κ2) is 5.47. The predicted molar refractivity (Wildman–Crippen MR) is 82.7 cm³/mol. The number of nitrogens with one attached hydrogen (secondary N) is 1. The normalized spacial score (nSPS) is 12.9. The number of para-hydroxylation sites is 1. The zero-order chi connectivity index (χ0) is 15.6. The maximum Gasteiger partial charge on any atom is 0.336 e. The van der Waals surface area contributed by atoms with E-state index in [1.54, 1.807) is 27.0 Å². The Bertz CT molecular complexity index is 678. The molecule has 21 heavy (non-hydrogen) atoms. The van der Waals surface area contributed by atoms with Crippen molar-refractivity contribution < 1.29 is 9.53 Å². The first-order valence-corrected chi connectivity index (χ1v) is 6.65. The highest BCUT2D eigenvalue weighted by molar-refractivity contribution is 5.91. The summed E-state index contributed by atoms with van der Waals surface area (Å²) in [5.41, 5.74) is 11.9. The molecule has 0 bridgehead atoms. The van der Waals surface area contributed by atoms with Crippen LogP contribution in [0.5, 0.6) is 0 Å². The molecule has 112 valence electrons. The van der Waals surface area contributed by atoms with Crippen molar-refractivity contribution in [3.05, 3.63) is 36.0 Å². The molecule has 0 saturated heterocycles. The number of rotatable bonds is 3. The van der Waals surface area contributed by atoms with Crippen molar-refractivity contribution >= 4 is 22.8 Å². The smallest absolute Gasteiger partial charge is 0.336 e. The van der Waals surface area contributed by atoms with E-state index < -0.39 is 17.6 Å². The number of nitrogens with two attached hydrogens (primary N) is 2. The Hall–Kier alpha value is -2.50. The molecule has 1 aromatic carbocycles. The van der Waals surface area contributed by atoms with Crippen molar-refractivity contribution in [3.8, 4) is 0 Å². The summed E-state index contributed by atoms with van der Waals surface area (Å²) < 4.78 is 5.40.